The van der Waals surface area contributed by atoms with Gasteiger partial charge in [-0.05, 0) is 58.6 Å². The molecule has 1 aromatic rings. The predicted octanol–water partition coefficient (Wildman–Crippen LogP) is 4.54. The maximum Gasteiger partial charge on any atom is 0.0317 e. The van der Waals surface area contributed by atoms with E-state index in [1.165, 1.54) is 42.1 Å². The lowest BCUT2D eigenvalue weighted by molar-refractivity contribution is 0.449. The molecule has 0 aromatic carbocycles. The van der Waals surface area contributed by atoms with Gasteiger partial charge in [-0.15, -0.1) is 0 Å². The molecule has 0 spiro atoms. The normalized spacial score (nSPS) is 26.6. The molecule has 0 radical (unpaired) electrons. The van der Waals surface area contributed by atoms with E-state index in [4.69, 9.17) is 0 Å². The summed E-state index contributed by atoms with van der Waals surface area (Å²) in [6.07, 6.45) is 6.79. The zero-order valence-corrected chi connectivity index (χ0v) is 12.2. The highest BCUT2D eigenvalue weighted by Gasteiger charge is 2.22. The standard InChI is InChI=1S/C13H20BrNS/c1-2-15-11-6-4-3-5-10(7-11)12-8-16-9-13(12)14/h8-11,15H,2-7H2,1H3. The summed E-state index contributed by atoms with van der Waals surface area (Å²) in [5.74, 6) is 0.757. The van der Waals surface area contributed by atoms with E-state index < -0.39 is 0 Å². The van der Waals surface area contributed by atoms with Crippen molar-refractivity contribution >= 4 is 27.3 Å². The Morgan fingerprint density at radius 3 is 2.88 bits per heavy atom. The van der Waals surface area contributed by atoms with Crippen LogP contribution in [0.4, 0.5) is 0 Å². The lowest BCUT2D eigenvalue weighted by atomic mass is 9.92. The van der Waals surface area contributed by atoms with Gasteiger partial charge in [0, 0.05) is 15.9 Å². The fourth-order valence-corrected chi connectivity index (χ4v) is 4.40. The second kappa shape index (κ2) is 6.18. The number of halogens is 1. The third kappa shape index (κ3) is 3.08. The van der Waals surface area contributed by atoms with Crippen LogP contribution in [0.25, 0.3) is 0 Å². The smallest absolute Gasteiger partial charge is 0.0317 e. The third-order valence-electron chi connectivity index (χ3n) is 3.50. The molecule has 0 bridgehead atoms. The van der Waals surface area contributed by atoms with Crippen molar-refractivity contribution in [1.29, 1.82) is 0 Å². The number of hydrogen-bond acceptors (Lipinski definition) is 2. The summed E-state index contributed by atoms with van der Waals surface area (Å²) in [6, 6.07) is 0.726. The molecule has 1 heterocycles. The molecule has 1 fully saturated rings. The van der Waals surface area contributed by atoms with Crippen LogP contribution in [-0.2, 0) is 0 Å². The van der Waals surface area contributed by atoms with Gasteiger partial charge in [0.15, 0.2) is 0 Å². The first-order valence-corrected chi connectivity index (χ1v) is 7.99. The van der Waals surface area contributed by atoms with Crippen LogP contribution >= 0.6 is 27.3 Å². The van der Waals surface area contributed by atoms with Gasteiger partial charge >= 0.3 is 0 Å². The molecule has 1 N–H and O–H groups in total. The van der Waals surface area contributed by atoms with Gasteiger partial charge in [0.2, 0.25) is 0 Å². The van der Waals surface area contributed by atoms with Gasteiger partial charge in [0.05, 0.1) is 0 Å². The summed E-state index contributed by atoms with van der Waals surface area (Å²) >= 11 is 5.49. The molecule has 2 atom stereocenters. The molecule has 1 aliphatic rings. The number of rotatable bonds is 3. The molecule has 2 unspecified atom stereocenters. The van der Waals surface area contributed by atoms with Gasteiger partial charge < -0.3 is 5.32 Å². The van der Waals surface area contributed by atoms with Crippen molar-refractivity contribution in [3.8, 4) is 0 Å². The van der Waals surface area contributed by atoms with Gasteiger partial charge in [-0.2, -0.15) is 11.3 Å². The summed E-state index contributed by atoms with van der Waals surface area (Å²) in [5.41, 5.74) is 1.54. The summed E-state index contributed by atoms with van der Waals surface area (Å²) in [5, 5.41) is 8.16. The zero-order valence-electron chi connectivity index (χ0n) is 9.84. The molecule has 0 amide bonds. The molecule has 90 valence electrons. The highest BCUT2D eigenvalue weighted by Crippen LogP contribution is 2.37. The number of hydrogen-bond donors (Lipinski definition) is 1. The van der Waals surface area contributed by atoms with Crippen LogP contribution in [0.15, 0.2) is 15.2 Å². The number of thiophene rings is 1. The second-order valence-electron chi connectivity index (χ2n) is 4.65. The predicted molar refractivity (Wildman–Crippen MR) is 75.3 cm³/mol. The summed E-state index contributed by atoms with van der Waals surface area (Å²) in [4.78, 5) is 0. The molecular weight excluding hydrogens is 282 g/mol. The number of nitrogens with one attached hydrogen (secondary N) is 1. The summed E-state index contributed by atoms with van der Waals surface area (Å²) in [6.45, 7) is 3.31. The Balaban J connectivity index is 2.05. The Morgan fingerprint density at radius 2 is 2.19 bits per heavy atom. The fourth-order valence-electron chi connectivity index (χ4n) is 2.70. The summed E-state index contributed by atoms with van der Waals surface area (Å²) < 4.78 is 1.32. The zero-order chi connectivity index (χ0) is 11.4. The first kappa shape index (κ1) is 12.6. The fraction of sp³-hybridized carbons (Fsp3) is 0.692. The van der Waals surface area contributed by atoms with Gasteiger partial charge in [0.25, 0.3) is 0 Å². The summed E-state index contributed by atoms with van der Waals surface area (Å²) in [7, 11) is 0. The van der Waals surface area contributed by atoms with E-state index in [1.807, 2.05) is 11.3 Å². The van der Waals surface area contributed by atoms with Crippen molar-refractivity contribution in [3.63, 3.8) is 0 Å². The quantitative estimate of drug-likeness (QED) is 0.809. The first-order valence-electron chi connectivity index (χ1n) is 6.26. The highest BCUT2D eigenvalue weighted by molar-refractivity contribution is 9.10. The van der Waals surface area contributed by atoms with Crippen molar-refractivity contribution in [2.45, 2.75) is 51.0 Å². The molecule has 1 aromatic heterocycles. The minimum atomic E-state index is 0.726. The van der Waals surface area contributed by atoms with Gasteiger partial charge in [0.1, 0.15) is 0 Å². The molecule has 0 saturated heterocycles. The van der Waals surface area contributed by atoms with Crippen molar-refractivity contribution in [2.75, 3.05) is 6.54 Å². The molecular formula is C13H20BrNS. The van der Waals surface area contributed by atoms with Gasteiger partial charge in [-0.25, -0.2) is 0 Å². The van der Waals surface area contributed by atoms with E-state index in [9.17, 15) is 0 Å². The van der Waals surface area contributed by atoms with Crippen LogP contribution < -0.4 is 5.32 Å². The Morgan fingerprint density at radius 1 is 1.38 bits per heavy atom. The van der Waals surface area contributed by atoms with E-state index in [0.717, 1.165) is 18.5 Å². The molecule has 3 heteroatoms. The van der Waals surface area contributed by atoms with Crippen LogP contribution in [0.5, 0.6) is 0 Å². The van der Waals surface area contributed by atoms with Crippen LogP contribution in [0.1, 0.15) is 50.5 Å². The largest absolute Gasteiger partial charge is 0.314 e. The minimum absolute atomic E-state index is 0.726. The van der Waals surface area contributed by atoms with Crippen LogP contribution in [0.2, 0.25) is 0 Å². The van der Waals surface area contributed by atoms with E-state index >= 15 is 0 Å². The average Bonchev–Trinajstić information content (AvgIpc) is 2.56. The lowest BCUT2D eigenvalue weighted by Crippen LogP contribution is -2.29. The molecule has 0 aliphatic heterocycles. The lowest BCUT2D eigenvalue weighted by Gasteiger charge is -2.20. The Labute approximate surface area is 111 Å². The van der Waals surface area contributed by atoms with Crippen LogP contribution in [-0.4, -0.2) is 12.6 Å². The highest BCUT2D eigenvalue weighted by atomic mass is 79.9. The minimum Gasteiger partial charge on any atom is -0.314 e. The van der Waals surface area contributed by atoms with Crippen molar-refractivity contribution in [1.82, 2.24) is 5.32 Å². The Bertz CT molecular complexity index is 323. The third-order valence-corrected chi connectivity index (χ3v) is 5.25. The molecule has 1 nitrogen and oxygen atoms in total. The maximum absolute atomic E-state index is 3.68. The van der Waals surface area contributed by atoms with E-state index in [-0.39, 0.29) is 0 Å². The molecule has 1 aliphatic carbocycles. The van der Waals surface area contributed by atoms with Crippen LogP contribution in [0.3, 0.4) is 0 Å². The van der Waals surface area contributed by atoms with Gasteiger partial charge in [-0.3, -0.25) is 0 Å². The van der Waals surface area contributed by atoms with Crippen molar-refractivity contribution < 1.29 is 0 Å². The van der Waals surface area contributed by atoms with E-state index in [1.54, 1.807) is 0 Å². The molecule has 2 rings (SSSR count). The molecule has 1 saturated carbocycles. The molecule has 16 heavy (non-hydrogen) atoms. The van der Waals surface area contributed by atoms with Crippen molar-refractivity contribution in [3.05, 3.63) is 20.8 Å². The average molecular weight is 302 g/mol. The second-order valence-corrected chi connectivity index (χ2v) is 6.24. The van der Waals surface area contributed by atoms with Crippen molar-refractivity contribution in [2.24, 2.45) is 0 Å². The van der Waals surface area contributed by atoms with Gasteiger partial charge in [-0.1, -0.05) is 19.8 Å². The topological polar surface area (TPSA) is 12.0 Å². The van der Waals surface area contributed by atoms with Crippen LogP contribution in [0, 0.1) is 0 Å². The van der Waals surface area contributed by atoms with E-state index in [2.05, 4.69) is 38.9 Å². The van der Waals surface area contributed by atoms with E-state index in [0.29, 0.717) is 0 Å². The SMILES string of the molecule is CCNC1CCCCC(c2cscc2Br)C1. The first-order chi connectivity index (χ1) is 7.81. The monoisotopic (exact) mass is 301 g/mol. The Hall–Kier alpha value is 0.140. The Kier molecular flexibility index (Phi) is 4.86. The maximum atomic E-state index is 3.68.